The molecule has 3 heterocycles. The van der Waals surface area contributed by atoms with Gasteiger partial charge in [0.2, 0.25) is 0 Å². The van der Waals surface area contributed by atoms with Crippen molar-refractivity contribution in [3.63, 3.8) is 0 Å². The zero-order valence-corrected chi connectivity index (χ0v) is 30.2. The molecule has 5 nitrogen and oxygen atoms in total. The molecule has 6 heteroatoms. The Labute approximate surface area is 300 Å². The molecule has 7 aromatic rings. The predicted octanol–water partition coefficient (Wildman–Crippen LogP) is 10.7. The van der Waals surface area contributed by atoms with Gasteiger partial charge in [0.15, 0.2) is 0 Å². The first kappa shape index (κ1) is 32.8. The number of carbonyl (C=O) groups excluding carboxylic acids is 1. The van der Waals surface area contributed by atoms with Gasteiger partial charge in [0.1, 0.15) is 17.3 Å². The number of fused-ring (bicyclic) bond motifs is 2. The van der Waals surface area contributed by atoms with Crippen LogP contribution >= 0.6 is 7.92 Å². The van der Waals surface area contributed by atoms with Crippen LogP contribution in [0.4, 0.5) is 0 Å². The van der Waals surface area contributed by atoms with Crippen molar-refractivity contribution < 1.29 is 14.3 Å². The quantitative estimate of drug-likeness (QED) is 0.156. The van der Waals surface area contributed by atoms with E-state index in [9.17, 15) is 4.79 Å². The van der Waals surface area contributed by atoms with E-state index in [1.807, 2.05) is 26.0 Å². The third-order valence-electron chi connectivity index (χ3n) is 10.1. The predicted molar refractivity (Wildman–Crippen MR) is 210 cm³/mol. The number of aryl methyl sites for hydroxylation is 2. The van der Waals surface area contributed by atoms with Crippen LogP contribution in [-0.4, -0.2) is 30.0 Å². The number of carbonyl (C=O) groups is 1. The van der Waals surface area contributed by atoms with Crippen molar-refractivity contribution in [2.24, 2.45) is 0 Å². The molecule has 1 aliphatic rings. The monoisotopic (exact) mass is 686 g/mol. The van der Waals surface area contributed by atoms with E-state index in [0.29, 0.717) is 12.8 Å². The highest BCUT2D eigenvalue weighted by molar-refractivity contribution is 7.67. The van der Waals surface area contributed by atoms with Crippen LogP contribution in [0.2, 0.25) is 0 Å². The Morgan fingerprint density at radius 1 is 0.549 bits per heavy atom. The van der Waals surface area contributed by atoms with Crippen molar-refractivity contribution in [1.82, 2.24) is 9.97 Å². The van der Waals surface area contributed by atoms with Crippen LogP contribution in [-0.2, 0) is 4.79 Å². The fourth-order valence-corrected chi connectivity index (χ4v) is 11.5. The fraction of sp³-hybridized carbons (Fsp3) is 0.178. The molecule has 2 aromatic heterocycles. The summed E-state index contributed by atoms with van der Waals surface area (Å²) in [6.07, 6.45) is 0.829. The van der Waals surface area contributed by atoms with Gasteiger partial charge in [-0.1, -0.05) is 98.9 Å². The van der Waals surface area contributed by atoms with Crippen LogP contribution in [0, 0.1) is 13.8 Å². The fourth-order valence-electron chi connectivity index (χ4n) is 7.86. The summed E-state index contributed by atoms with van der Waals surface area (Å²) >= 11 is 0. The molecule has 2 unspecified atom stereocenters. The molecule has 0 radical (unpaired) electrons. The van der Waals surface area contributed by atoms with E-state index < -0.39 is 7.92 Å². The number of Topliss-reactive ketones (excluding diaryl/α,β-unsaturated/α-hetero) is 1. The molecule has 0 bridgehead atoms. The molecule has 1 aliphatic heterocycles. The molecule has 0 spiro atoms. The second kappa shape index (κ2) is 13.7. The third-order valence-corrected chi connectivity index (χ3v) is 13.3. The highest BCUT2D eigenvalue weighted by Gasteiger charge is 2.43. The lowest BCUT2D eigenvalue weighted by molar-refractivity contribution is -0.119. The number of aromatic nitrogens is 2. The molecule has 1 fully saturated rings. The van der Waals surface area contributed by atoms with Gasteiger partial charge in [-0.15, -0.1) is 0 Å². The minimum absolute atomic E-state index is 0.143. The van der Waals surface area contributed by atoms with Gasteiger partial charge in [-0.2, -0.15) is 0 Å². The average molecular weight is 687 g/mol. The summed E-state index contributed by atoms with van der Waals surface area (Å²) in [5, 5.41) is 5.68. The summed E-state index contributed by atoms with van der Waals surface area (Å²) in [6.45, 7) is 4.05. The summed E-state index contributed by atoms with van der Waals surface area (Å²) in [5.41, 5.74) is 7.74. The molecule has 0 aliphatic carbocycles. The van der Waals surface area contributed by atoms with Crippen molar-refractivity contribution in [3.8, 4) is 33.8 Å². The largest absolute Gasteiger partial charge is 0.496 e. The summed E-state index contributed by atoms with van der Waals surface area (Å²) in [6, 6.07) is 44.4. The van der Waals surface area contributed by atoms with Gasteiger partial charge in [-0.05, 0) is 88.2 Å². The summed E-state index contributed by atoms with van der Waals surface area (Å²) < 4.78 is 12.4. The highest BCUT2D eigenvalue weighted by Crippen LogP contribution is 2.68. The van der Waals surface area contributed by atoms with Gasteiger partial charge in [0, 0.05) is 58.1 Å². The Hall–Kier alpha value is -5.38. The summed E-state index contributed by atoms with van der Waals surface area (Å²) in [5.74, 6) is 1.84. The Bertz CT molecular complexity index is 2280. The molecule has 0 amide bonds. The lowest BCUT2D eigenvalue weighted by Gasteiger charge is -2.40. The van der Waals surface area contributed by atoms with Crippen LogP contribution in [0.1, 0.15) is 46.9 Å². The maximum Gasteiger partial charge on any atom is 0.134 e. The Morgan fingerprint density at radius 2 is 1.00 bits per heavy atom. The summed E-state index contributed by atoms with van der Waals surface area (Å²) in [7, 11) is 2.30. The molecule has 1 saturated heterocycles. The lowest BCUT2D eigenvalue weighted by Crippen LogP contribution is -2.27. The van der Waals surface area contributed by atoms with Crippen molar-refractivity contribution in [3.05, 3.63) is 150 Å². The molecule has 0 saturated carbocycles. The number of hydrogen-bond acceptors (Lipinski definition) is 5. The first-order chi connectivity index (χ1) is 24.9. The zero-order chi connectivity index (χ0) is 35.1. The second-order valence-electron chi connectivity index (χ2n) is 13.2. The van der Waals surface area contributed by atoms with Crippen LogP contribution < -0.4 is 14.8 Å². The van der Waals surface area contributed by atoms with Crippen LogP contribution in [0.5, 0.6) is 11.5 Å². The van der Waals surface area contributed by atoms with Gasteiger partial charge >= 0.3 is 0 Å². The molecule has 2 atom stereocenters. The number of rotatable bonds is 7. The first-order valence-corrected chi connectivity index (χ1v) is 18.9. The van der Waals surface area contributed by atoms with Gasteiger partial charge in [0.25, 0.3) is 0 Å². The van der Waals surface area contributed by atoms with Crippen LogP contribution in [0.3, 0.4) is 0 Å². The lowest BCUT2D eigenvalue weighted by atomic mass is 9.92. The number of hydrogen-bond donors (Lipinski definition) is 0. The molecular weight excluding hydrogens is 647 g/mol. The maximum absolute atomic E-state index is 14.0. The molecule has 0 N–H and O–H groups in total. The third kappa shape index (κ3) is 5.96. The molecule has 5 aromatic carbocycles. The van der Waals surface area contributed by atoms with E-state index in [4.69, 9.17) is 19.4 Å². The van der Waals surface area contributed by atoms with E-state index in [1.165, 1.54) is 5.30 Å². The standard InChI is InChI=1S/C45H39N2O3P/c1-28-12-9-20-37(46-28)41-26-32(48)27-42(38-21-10-13-29(2)47-38)51(41)45-35(43-33-16-7-5-14-30(33)22-24-39(43)49-3)18-11-19-36(45)44-34-17-8-6-15-31(34)23-25-40(44)50-4/h5-25,41-42H,26-27H2,1-4H3. The molecule has 8 rings (SSSR count). The van der Waals surface area contributed by atoms with Crippen LogP contribution in [0.15, 0.2) is 127 Å². The van der Waals surface area contributed by atoms with E-state index in [2.05, 4.69) is 115 Å². The van der Waals surface area contributed by atoms with Crippen molar-refractivity contribution in [1.29, 1.82) is 0 Å². The number of nitrogens with zero attached hydrogens (tertiary/aromatic N) is 2. The minimum Gasteiger partial charge on any atom is -0.496 e. The normalized spacial score (nSPS) is 17.5. The Balaban J connectivity index is 1.55. The molecular formula is C45H39N2O3P. The smallest absolute Gasteiger partial charge is 0.134 e. The van der Waals surface area contributed by atoms with Crippen LogP contribution in [0.25, 0.3) is 43.8 Å². The van der Waals surface area contributed by atoms with Crippen molar-refractivity contribution >= 4 is 40.6 Å². The number of ether oxygens (including phenoxy) is 2. The molecule has 252 valence electrons. The SMILES string of the molecule is COc1ccc2ccccc2c1-c1cccc(-c2c(OC)ccc3ccccc23)c1P1C(c2cccc(C)n2)CC(=O)CC1c1cccc(C)n1. The average Bonchev–Trinajstić information content (AvgIpc) is 3.16. The van der Waals surface area contributed by atoms with E-state index in [0.717, 1.165) is 78.1 Å². The van der Waals surface area contributed by atoms with Crippen molar-refractivity contribution in [2.75, 3.05) is 14.2 Å². The van der Waals surface area contributed by atoms with E-state index >= 15 is 0 Å². The highest BCUT2D eigenvalue weighted by atomic mass is 31.1. The van der Waals surface area contributed by atoms with E-state index in [1.54, 1.807) is 14.2 Å². The number of ketones is 1. The van der Waals surface area contributed by atoms with Crippen molar-refractivity contribution in [2.45, 2.75) is 38.0 Å². The van der Waals surface area contributed by atoms with Gasteiger partial charge in [0.05, 0.1) is 14.2 Å². The van der Waals surface area contributed by atoms with Gasteiger partial charge in [-0.3, -0.25) is 14.8 Å². The van der Waals surface area contributed by atoms with E-state index in [-0.39, 0.29) is 17.1 Å². The minimum atomic E-state index is -1.19. The Morgan fingerprint density at radius 3 is 1.45 bits per heavy atom. The topological polar surface area (TPSA) is 61.3 Å². The Kier molecular flexibility index (Phi) is 8.83. The number of benzene rings is 5. The van der Waals surface area contributed by atoms with Gasteiger partial charge in [-0.25, -0.2) is 0 Å². The number of pyridine rings is 2. The zero-order valence-electron chi connectivity index (χ0n) is 29.3. The maximum atomic E-state index is 14.0. The molecule has 51 heavy (non-hydrogen) atoms. The number of methoxy groups -OCH3 is 2. The van der Waals surface area contributed by atoms with Gasteiger partial charge < -0.3 is 9.47 Å². The first-order valence-electron chi connectivity index (χ1n) is 17.4. The summed E-state index contributed by atoms with van der Waals surface area (Å²) in [4.78, 5) is 24.2. The second-order valence-corrected chi connectivity index (χ2v) is 15.7.